The molecule has 0 bridgehead atoms. The zero-order valence-electron chi connectivity index (χ0n) is 8.50. The molecule has 5 heteroatoms. The summed E-state index contributed by atoms with van der Waals surface area (Å²) in [6, 6.07) is 11.1. The molecule has 0 amide bonds. The van der Waals surface area contributed by atoms with Crippen molar-refractivity contribution < 1.29 is 0 Å². The lowest BCUT2D eigenvalue weighted by Crippen LogP contribution is -1.88. The Labute approximate surface area is 117 Å². The smallest absolute Gasteiger partial charge is 0.121 e. The molecule has 0 atom stereocenters. The van der Waals surface area contributed by atoms with Crippen molar-refractivity contribution in [1.82, 2.24) is 4.98 Å². The van der Waals surface area contributed by atoms with E-state index in [9.17, 15) is 0 Å². The number of nitrogens with zero attached hydrogens (tertiary/aromatic N) is 1. The lowest BCUT2D eigenvalue weighted by atomic mass is 10.1. The molecule has 0 spiro atoms. The van der Waals surface area contributed by atoms with E-state index in [0.29, 0.717) is 15.2 Å². The number of rotatable bonds is 1. The molecule has 0 aliphatic carbocycles. The quantitative estimate of drug-likeness (QED) is 0.772. The SMILES string of the molecule is N#Cc1ccc(-c2ccc(Br)cc2Cl)[nH]c1=S. The largest absolute Gasteiger partial charge is 0.345 e. The molecule has 0 aliphatic heterocycles. The fourth-order valence-corrected chi connectivity index (χ4v) is 2.43. The summed E-state index contributed by atoms with van der Waals surface area (Å²) in [5.74, 6) is 0. The Kier molecular flexibility index (Phi) is 3.63. The zero-order valence-corrected chi connectivity index (χ0v) is 11.7. The van der Waals surface area contributed by atoms with Crippen LogP contribution in [0.2, 0.25) is 5.02 Å². The summed E-state index contributed by atoms with van der Waals surface area (Å²) in [5.41, 5.74) is 2.11. The average molecular weight is 326 g/mol. The number of halogens is 2. The highest BCUT2D eigenvalue weighted by Crippen LogP contribution is 2.29. The molecule has 0 unspecified atom stereocenters. The molecule has 1 aromatic heterocycles. The van der Waals surface area contributed by atoms with Crippen LogP contribution >= 0.6 is 39.7 Å². The van der Waals surface area contributed by atoms with Crippen LogP contribution in [0, 0.1) is 16.0 Å². The van der Waals surface area contributed by atoms with Crippen LogP contribution in [0.1, 0.15) is 5.56 Å². The van der Waals surface area contributed by atoms with E-state index in [0.717, 1.165) is 15.7 Å². The second-order valence-electron chi connectivity index (χ2n) is 3.35. The van der Waals surface area contributed by atoms with Gasteiger partial charge in [0.1, 0.15) is 10.7 Å². The van der Waals surface area contributed by atoms with Gasteiger partial charge in [-0.2, -0.15) is 5.26 Å². The number of benzene rings is 1. The summed E-state index contributed by atoms with van der Waals surface area (Å²) in [5, 5.41) is 9.42. The normalized spacial score (nSPS) is 9.94. The van der Waals surface area contributed by atoms with Gasteiger partial charge < -0.3 is 4.98 Å². The lowest BCUT2D eigenvalue weighted by molar-refractivity contribution is 1.27. The minimum atomic E-state index is 0.420. The topological polar surface area (TPSA) is 39.6 Å². The lowest BCUT2D eigenvalue weighted by Gasteiger charge is -2.05. The highest BCUT2D eigenvalue weighted by atomic mass is 79.9. The molecule has 0 saturated carbocycles. The molecule has 2 rings (SSSR count). The van der Waals surface area contributed by atoms with Crippen molar-refractivity contribution in [2.75, 3.05) is 0 Å². The van der Waals surface area contributed by atoms with Crippen LogP contribution in [-0.4, -0.2) is 4.98 Å². The highest BCUT2D eigenvalue weighted by molar-refractivity contribution is 9.10. The Morgan fingerprint density at radius 1 is 1.29 bits per heavy atom. The van der Waals surface area contributed by atoms with Crippen LogP contribution in [-0.2, 0) is 0 Å². The summed E-state index contributed by atoms with van der Waals surface area (Å²) in [4.78, 5) is 3.00. The molecule has 0 saturated heterocycles. The van der Waals surface area contributed by atoms with E-state index in [2.05, 4.69) is 20.9 Å². The van der Waals surface area contributed by atoms with Crippen molar-refractivity contribution in [3.8, 4) is 17.3 Å². The molecule has 0 aliphatic rings. The van der Waals surface area contributed by atoms with E-state index in [-0.39, 0.29) is 0 Å². The first-order valence-corrected chi connectivity index (χ1v) is 6.28. The van der Waals surface area contributed by atoms with E-state index >= 15 is 0 Å². The number of aromatic amines is 1. The number of nitriles is 1. The van der Waals surface area contributed by atoms with Gasteiger partial charge in [-0.05, 0) is 24.3 Å². The van der Waals surface area contributed by atoms with Crippen molar-refractivity contribution in [1.29, 1.82) is 5.26 Å². The fourth-order valence-electron chi connectivity index (χ4n) is 1.43. The summed E-state index contributed by atoms with van der Waals surface area (Å²) < 4.78 is 1.34. The molecular weight excluding hydrogens is 320 g/mol. The van der Waals surface area contributed by atoms with Crippen LogP contribution in [0.25, 0.3) is 11.3 Å². The van der Waals surface area contributed by atoms with E-state index in [4.69, 9.17) is 29.1 Å². The molecule has 1 N–H and O–H groups in total. The first-order chi connectivity index (χ1) is 8.11. The third-order valence-corrected chi connectivity index (χ3v) is 3.38. The number of H-pyrrole nitrogens is 1. The maximum atomic E-state index is 8.80. The Balaban J connectivity index is 2.58. The van der Waals surface area contributed by atoms with Gasteiger partial charge in [-0.1, -0.05) is 45.8 Å². The monoisotopic (exact) mass is 324 g/mol. The maximum absolute atomic E-state index is 8.80. The first-order valence-electron chi connectivity index (χ1n) is 4.70. The van der Waals surface area contributed by atoms with Crippen LogP contribution < -0.4 is 0 Å². The predicted molar refractivity (Wildman–Crippen MR) is 74.5 cm³/mol. The van der Waals surface area contributed by atoms with E-state index in [1.807, 2.05) is 24.3 Å². The van der Waals surface area contributed by atoms with Crippen molar-refractivity contribution in [3.63, 3.8) is 0 Å². The van der Waals surface area contributed by atoms with Crippen molar-refractivity contribution in [2.45, 2.75) is 0 Å². The van der Waals surface area contributed by atoms with Gasteiger partial charge >= 0.3 is 0 Å². The highest BCUT2D eigenvalue weighted by Gasteiger charge is 2.05. The number of aromatic nitrogens is 1. The van der Waals surface area contributed by atoms with Crippen LogP contribution in [0.15, 0.2) is 34.8 Å². The third-order valence-electron chi connectivity index (χ3n) is 2.25. The van der Waals surface area contributed by atoms with Gasteiger partial charge in [0.05, 0.1) is 10.6 Å². The van der Waals surface area contributed by atoms with E-state index < -0.39 is 0 Å². The molecule has 17 heavy (non-hydrogen) atoms. The minimum Gasteiger partial charge on any atom is -0.345 e. The molecule has 0 radical (unpaired) electrons. The van der Waals surface area contributed by atoms with Crippen LogP contribution in [0.3, 0.4) is 0 Å². The number of hydrogen-bond acceptors (Lipinski definition) is 2. The van der Waals surface area contributed by atoms with Crippen molar-refractivity contribution in [3.05, 3.63) is 50.0 Å². The molecule has 1 aromatic carbocycles. The van der Waals surface area contributed by atoms with Gasteiger partial charge in [-0.25, -0.2) is 0 Å². The van der Waals surface area contributed by atoms with Crippen molar-refractivity contribution >= 4 is 39.7 Å². The summed E-state index contributed by atoms with van der Waals surface area (Å²) in [6.45, 7) is 0. The van der Waals surface area contributed by atoms with E-state index in [1.54, 1.807) is 12.1 Å². The Hall–Kier alpha value is -1.15. The summed E-state index contributed by atoms with van der Waals surface area (Å²) in [7, 11) is 0. The minimum absolute atomic E-state index is 0.420. The summed E-state index contributed by atoms with van der Waals surface area (Å²) in [6.07, 6.45) is 0. The second kappa shape index (κ2) is 5.01. The first kappa shape index (κ1) is 12.3. The van der Waals surface area contributed by atoms with Gasteiger partial charge in [0.15, 0.2) is 0 Å². The molecule has 0 fully saturated rings. The summed E-state index contributed by atoms with van der Waals surface area (Å²) >= 11 is 14.6. The van der Waals surface area contributed by atoms with Crippen LogP contribution in [0.5, 0.6) is 0 Å². The molecule has 1 heterocycles. The van der Waals surface area contributed by atoms with Gasteiger partial charge in [0, 0.05) is 15.7 Å². The number of nitrogens with one attached hydrogen (secondary N) is 1. The average Bonchev–Trinajstić information content (AvgIpc) is 2.29. The Morgan fingerprint density at radius 3 is 2.65 bits per heavy atom. The number of pyridine rings is 1. The van der Waals surface area contributed by atoms with Crippen LogP contribution in [0.4, 0.5) is 0 Å². The zero-order chi connectivity index (χ0) is 12.4. The fraction of sp³-hybridized carbons (Fsp3) is 0. The Bertz CT molecular complexity index is 673. The van der Waals surface area contributed by atoms with Gasteiger partial charge in [0.25, 0.3) is 0 Å². The van der Waals surface area contributed by atoms with Gasteiger partial charge in [0.2, 0.25) is 0 Å². The second-order valence-corrected chi connectivity index (χ2v) is 5.08. The predicted octanol–water partition coefficient (Wildman–Crippen LogP) is 4.70. The molecule has 2 aromatic rings. The third kappa shape index (κ3) is 2.58. The molecule has 84 valence electrons. The van der Waals surface area contributed by atoms with E-state index in [1.165, 1.54) is 0 Å². The van der Waals surface area contributed by atoms with Gasteiger partial charge in [-0.3, -0.25) is 0 Å². The number of hydrogen-bond donors (Lipinski definition) is 1. The van der Waals surface area contributed by atoms with Crippen molar-refractivity contribution in [2.24, 2.45) is 0 Å². The molecular formula is C12H6BrClN2S. The Morgan fingerprint density at radius 2 is 2.06 bits per heavy atom. The maximum Gasteiger partial charge on any atom is 0.121 e. The standard InChI is InChI=1S/C12H6BrClN2S/c13-8-2-3-9(10(14)5-8)11-4-1-7(6-15)12(17)16-11/h1-5H,(H,16,17). The van der Waals surface area contributed by atoms with Gasteiger partial charge in [-0.15, -0.1) is 0 Å². The molecule has 2 nitrogen and oxygen atoms in total.